The fourth-order valence-corrected chi connectivity index (χ4v) is 1.76. The van der Waals surface area contributed by atoms with Crippen molar-refractivity contribution in [2.45, 2.75) is 25.1 Å². The molecule has 1 rings (SSSR count). The molecule has 0 bridgehead atoms. The van der Waals surface area contributed by atoms with Gasteiger partial charge in [-0.3, -0.25) is 0 Å². The summed E-state index contributed by atoms with van der Waals surface area (Å²) in [5.74, 6) is 0. The molecule has 17 heavy (non-hydrogen) atoms. The molecule has 1 unspecified atom stereocenters. The Morgan fingerprint density at radius 2 is 2.00 bits per heavy atom. The number of halogens is 1. The van der Waals surface area contributed by atoms with E-state index in [9.17, 15) is 0 Å². The van der Waals surface area contributed by atoms with Crippen LogP contribution < -0.4 is 5.32 Å². The predicted octanol–water partition coefficient (Wildman–Crippen LogP) is 3.37. The maximum absolute atomic E-state index is 6.27. The van der Waals surface area contributed by atoms with E-state index in [1.807, 2.05) is 18.2 Å². The highest BCUT2D eigenvalue weighted by Gasteiger charge is 2.05. The molecule has 96 valence electrons. The second kappa shape index (κ2) is 9.46. The van der Waals surface area contributed by atoms with Crippen LogP contribution in [0.3, 0.4) is 0 Å². The molecule has 0 saturated heterocycles. The molecule has 0 aromatic heterocycles. The second-order valence-corrected chi connectivity index (χ2v) is 4.58. The first-order chi connectivity index (χ1) is 8.34. The topological polar surface area (TPSA) is 21.3 Å². The van der Waals surface area contributed by atoms with Gasteiger partial charge in [-0.2, -0.15) is 0 Å². The summed E-state index contributed by atoms with van der Waals surface area (Å²) in [6.45, 7) is 5.43. The summed E-state index contributed by atoms with van der Waals surface area (Å²) in [4.78, 5) is 0. The first kappa shape index (κ1) is 14.5. The zero-order chi connectivity index (χ0) is 12.3. The fraction of sp³-hybridized carbons (Fsp3) is 0.571. The summed E-state index contributed by atoms with van der Waals surface area (Å²) in [7, 11) is 0. The molecular formula is C14H22ClNO. The summed E-state index contributed by atoms with van der Waals surface area (Å²) in [6, 6.07) is 10.1. The molecule has 0 radical (unpaired) electrons. The molecule has 0 aliphatic heterocycles. The molecule has 3 heteroatoms. The molecule has 0 aliphatic rings. The van der Waals surface area contributed by atoms with Gasteiger partial charge in [0.15, 0.2) is 0 Å². The third kappa shape index (κ3) is 6.67. The van der Waals surface area contributed by atoms with Crippen molar-refractivity contribution in [1.29, 1.82) is 0 Å². The summed E-state index contributed by atoms with van der Waals surface area (Å²) < 4.78 is 5.46. The van der Waals surface area contributed by atoms with E-state index in [0.29, 0.717) is 0 Å². The zero-order valence-electron chi connectivity index (χ0n) is 10.5. The van der Waals surface area contributed by atoms with Gasteiger partial charge in [0.05, 0.1) is 12.0 Å². The molecule has 1 atom stereocenters. The average molecular weight is 256 g/mol. The number of hydrogen-bond acceptors (Lipinski definition) is 2. The quantitative estimate of drug-likeness (QED) is 0.540. The number of ether oxygens (including phenoxy) is 1. The van der Waals surface area contributed by atoms with Crippen LogP contribution in [0.4, 0.5) is 0 Å². The van der Waals surface area contributed by atoms with Gasteiger partial charge in [-0.25, -0.2) is 0 Å². The van der Waals surface area contributed by atoms with Crippen molar-refractivity contribution in [3.05, 3.63) is 35.9 Å². The minimum Gasteiger partial charge on any atom is -0.380 e. The van der Waals surface area contributed by atoms with Crippen molar-refractivity contribution in [3.63, 3.8) is 0 Å². The van der Waals surface area contributed by atoms with E-state index >= 15 is 0 Å². The SMILES string of the molecule is CCCCOCCNCC(Cl)c1ccccc1. The van der Waals surface area contributed by atoms with Crippen LogP contribution in [0.25, 0.3) is 0 Å². The van der Waals surface area contributed by atoms with Crippen molar-refractivity contribution in [2.75, 3.05) is 26.3 Å². The average Bonchev–Trinajstić information content (AvgIpc) is 2.38. The van der Waals surface area contributed by atoms with Crippen molar-refractivity contribution >= 4 is 11.6 Å². The zero-order valence-corrected chi connectivity index (χ0v) is 11.2. The third-order valence-corrected chi connectivity index (χ3v) is 2.96. The molecule has 1 N–H and O–H groups in total. The van der Waals surface area contributed by atoms with Gasteiger partial charge < -0.3 is 10.1 Å². The van der Waals surface area contributed by atoms with E-state index < -0.39 is 0 Å². The van der Waals surface area contributed by atoms with E-state index in [-0.39, 0.29) is 5.38 Å². The van der Waals surface area contributed by atoms with Crippen LogP contribution in [0, 0.1) is 0 Å². The summed E-state index contributed by atoms with van der Waals surface area (Å²) in [5.41, 5.74) is 1.16. The lowest BCUT2D eigenvalue weighted by molar-refractivity contribution is 0.133. The standard InChI is InChI=1S/C14H22ClNO/c1-2-3-10-17-11-9-16-12-14(15)13-7-5-4-6-8-13/h4-8,14,16H,2-3,9-12H2,1H3. The van der Waals surface area contributed by atoms with E-state index in [0.717, 1.165) is 38.3 Å². The van der Waals surface area contributed by atoms with Gasteiger partial charge in [0.25, 0.3) is 0 Å². The van der Waals surface area contributed by atoms with Crippen LogP contribution in [-0.4, -0.2) is 26.3 Å². The van der Waals surface area contributed by atoms with Crippen LogP contribution >= 0.6 is 11.6 Å². The van der Waals surface area contributed by atoms with Gasteiger partial charge in [-0.05, 0) is 12.0 Å². The Morgan fingerprint density at radius 3 is 2.71 bits per heavy atom. The van der Waals surface area contributed by atoms with Crippen LogP contribution in [0.15, 0.2) is 30.3 Å². The largest absolute Gasteiger partial charge is 0.380 e. The Morgan fingerprint density at radius 1 is 1.24 bits per heavy atom. The Hall–Kier alpha value is -0.570. The molecule has 0 heterocycles. The van der Waals surface area contributed by atoms with Crippen molar-refractivity contribution in [1.82, 2.24) is 5.32 Å². The molecule has 0 spiro atoms. The van der Waals surface area contributed by atoms with Crippen LogP contribution in [-0.2, 0) is 4.74 Å². The highest BCUT2D eigenvalue weighted by atomic mass is 35.5. The van der Waals surface area contributed by atoms with E-state index in [4.69, 9.17) is 16.3 Å². The number of hydrogen-bond donors (Lipinski definition) is 1. The maximum Gasteiger partial charge on any atom is 0.0709 e. The number of unbranched alkanes of at least 4 members (excludes halogenated alkanes) is 1. The third-order valence-electron chi connectivity index (χ3n) is 2.55. The molecule has 1 aromatic rings. The maximum atomic E-state index is 6.27. The van der Waals surface area contributed by atoms with Gasteiger partial charge in [0.2, 0.25) is 0 Å². The second-order valence-electron chi connectivity index (χ2n) is 4.05. The Balaban J connectivity index is 2.03. The Bertz CT molecular complexity index is 279. The van der Waals surface area contributed by atoms with E-state index in [1.54, 1.807) is 0 Å². The minimum atomic E-state index is 0.0341. The Labute approximate surface area is 109 Å². The Kier molecular flexibility index (Phi) is 8.06. The normalized spacial score (nSPS) is 12.6. The first-order valence-corrected chi connectivity index (χ1v) is 6.75. The predicted molar refractivity (Wildman–Crippen MR) is 73.6 cm³/mol. The van der Waals surface area contributed by atoms with Crippen molar-refractivity contribution < 1.29 is 4.74 Å². The summed E-state index contributed by atoms with van der Waals surface area (Å²) in [5, 5.41) is 3.34. The minimum absolute atomic E-state index is 0.0341. The van der Waals surface area contributed by atoms with Gasteiger partial charge in [0.1, 0.15) is 0 Å². The molecule has 0 amide bonds. The van der Waals surface area contributed by atoms with Gasteiger partial charge in [-0.1, -0.05) is 43.7 Å². The molecule has 1 aromatic carbocycles. The van der Waals surface area contributed by atoms with Crippen LogP contribution in [0.5, 0.6) is 0 Å². The smallest absolute Gasteiger partial charge is 0.0709 e. The number of nitrogens with one attached hydrogen (secondary N) is 1. The number of benzene rings is 1. The van der Waals surface area contributed by atoms with Crippen molar-refractivity contribution in [3.8, 4) is 0 Å². The summed E-state index contributed by atoms with van der Waals surface area (Å²) >= 11 is 6.27. The van der Waals surface area contributed by atoms with E-state index in [2.05, 4.69) is 24.4 Å². The molecule has 2 nitrogen and oxygen atoms in total. The lowest BCUT2D eigenvalue weighted by atomic mass is 10.1. The molecule has 0 fully saturated rings. The summed E-state index contributed by atoms with van der Waals surface area (Å²) in [6.07, 6.45) is 2.33. The highest BCUT2D eigenvalue weighted by Crippen LogP contribution is 2.18. The molecular weight excluding hydrogens is 234 g/mol. The molecule has 0 aliphatic carbocycles. The number of rotatable bonds is 9. The fourth-order valence-electron chi connectivity index (χ4n) is 1.50. The first-order valence-electron chi connectivity index (χ1n) is 6.32. The van der Waals surface area contributed by atoms with Gasteiger partial charge in [0, 0.05) is 19.7 Å². The van der Waals surface area contributed by atoms with Gasteiger partial charge in [-0.15, -0.1) is 11.6 Å². The van der Waals surface area contributed by atoms with Crippen LogP contribution in [0.2, 0.25) is 0 Å². The lowest BCUT2D eigenvalue weighted by Gasteiger charge is -2.11. The van der Waals surface area contributed by atoms with Crippen LogP contribution in [0.1, 0.15) is 30.7 Å². The monoisotopic (exact) mass is 255 g/mol. The highest BCUT2D eigenvalue weighted by molar-refractivity contribution is 6.21. The van der Waals surface area contributed by atoms with Gasteiger partial charge >= 0.3 is 0 Å². The van der Waals surface area contributed by atoms with E-state index in [1.165, 1.54) is 6.42 Å². The van der Waals surface area contributed by atoms with Crippen molar-refractivity contribution in [2.24, 2.45) is 0 Å². The number of alkyl halides is 1. The molecule has 0 saturated carbocycles. The lowest BCUT2D eigenvalue weighted by Crippen LogP contribution is -2.23.